The van der Waals surface area contributed by atoms with Crippen molar-refractivity contribution in [1.82, 2.24) is 10.9 Å². The Morgan fingerprint density at radius 2 is 2.06 bits per heavy atom. The van der Waals surface area contributed by atoms with Gasteiger partial charge in [-0.1, -0.05) is 23.8 Å². The summed E-state index contributed by atoms with van der Waals surface area (Å²) in [4.78, 5) is 0. The SMILES string of the molecule is COCCC1NNC(N)C1c1ccc(C)cc1C. The monoisotopic (exact) mass is 249 g/mol. The molecule has 0 aliphatic carbocycles. The normalized spacial score (nSPS) is 27.7. The minimum absolute atomic E-state index is 0.0479. The lowest BCUT2D eigenvalue weighted by Gasteiger charge is -2.23. The lowest BCUT2D eigenvalue weighted by molar-refractivity contribution is 0.182. The fraction of sp³-hybridized carbons (Fsp3) is 0.571. The first-order chi connectivity index (χ1) is 8.63. The Morgan fingerprint density at radius 3 is 2.72 bits per heavy atom. The Morgan fingerprint density at radius 1 is 1.28 bits per heavy atom. The zero-order valence-electron chi connectivity index (χ0n) is 11.4. The van der Waals surface area contributed by atoms with E-state index in [4.69, 9.17) is 10.5 Å². The van der Waals surface area contributed by atoms with Crippen LogP contribution in [0.1, 0.15) is 29.0 Å². The van der Waals surface area contributed by atoms with Gasteiger partial charge in [0.15, 0.2) is 0 Å². The Labute approximate surface area is 109 Å². The van der Waals surface area contributed by atoms with Crippen LogP contribution in [-0.2, 0) is 4.74 Å². The van der Waals surface area contributed by atoms with Crippen LogP contribution in [0.4, 0.5) is 0 Å². The molecule has 0 saturated carbocycles. The number of rotatable bonds is 4. The topological polar surface area (TPSA) is 59.3 Å². The number of hydrogen-bond donors (Lipinski definition) is 3. The third-order valence-corrected chi connectivity index (χ3v) is 3.67. The molecular weight excluding hydrogens is 226 g/mol. The molecule has 3 unspecified atom stereocenters. The molecule has 3 atom stereocenters. The van der Waals surface area contributed by atoms with E-state index in [0.717, 1.165) is 13.0 Å². The zero-order valence-corrected chi connectivity index (χ0v) is 11.4. The molecule has 4 heteroatoms. The number of hydrazine groups is 1. The first kappa shape index (κ1) is 13.5. The Balaban J connectivity index is 2.22. The molecule has 0 radical (unpaired) electrons. The van der Waals surface area contributed by atoms with Gasteiger partial charge in [-0.2, -0.15) is 0 Å². The highest BCUT2D eigenvalue weighted by molar-refractivity contribution is 5.35. The van der Waals surface area contributed by atoms with E-state index in [1.54, 1.807) is 7.11 Å². The molecule has 1 aromatic rings. The van der Waals surface area contributed by atoms with Gasteiger partial charge in [0.1, 0.15) is 0 Å². The molecule has 1 saturated heterocycles. The van der Waals surface area contributed by atoms with Crippen LogP contribution in [0.15, 0.2) is 18.2 Å². The van der Waals surface area contributed by atoms with Crippen LogP contribution in [0, 0.1) is 13.8 Å². The Kier molecular flexibility index (Phi) is 4.35. The second-order valence-electron chi connectivity index (χ2n) is 5.09. The van der Waals surface area contributed by atoms with Crippen molar-refractivity contribution in [1.29, 1.82) is 0 Å². The molecule has 100 valence electrons. The van der Waals surface area contributed by atoms with Crippen LogP contribution < -0.4 is 16.6 Å². The van der Waals surface area contributed by atoms with E-state index in [9.17, 15) is 0 Å². The van der Waals surface area contributed by atoms with Gasteiger partial charge in [-0.25, -0.2) is 5.43 Å². The van der Waals surface area contributed by atoms with Crippen molar-refractivity contribution < 1.29 is 4.74 Å². The van der Waals surface area contributed by atoms with Crippen LogP contribution in [0.2, 0.25) is 0 Å². The maximum Gasteiger partial charge on any atom is 0.0764 e. The summed E-state index contributed by atoms with van der Waals surface area (Å²) in [5, 5.41) is 0. The van der Waals surface area contributed by atoms with Crippen LogP contribution in [0.25, 0.3) is 0 Å². The van der Waals surface area contributed by atoms with Crippen LogP contribution in [0.5, 0.6) is 0 Å². The second kappa shape index (κ2) is 5.80. The van der Waals surface area contributed by atoms with Gasteiger partial charge in [0, 0.05) is 25.7 Å². The number of methoxy groups -OCH3 is 1. The highest BCUT2D eigenvalue weighted by Gasteiger charge is 2.35. The molecule has 0 aromatic heterocycles. The molecule has 4 N–H and O–H groups in total. The van der Waals surface area contributed by atoms with E-state index in [1.165, 1.54) is 16.7 Å². The number of nitrogens with two attached hydrogens (primary N) is 1. The maximum absolute atomic E-state index is 6.17. The van der Waals surface area contributed by atoms with Gasteiger partial charge in [-0.15, -0.1) is 0 Å². The number of hydrogen-bond acceptors (Lipinski definition) is 4. The van der Waals surface area contributed by atoms with Crippen molar-refractivity contribution >= 4 is 0 Å². The molecule has 1 aromatic carbocycles. The third-order valence-electron chi connectivity index (χ3n) is 3.67. The van der Waals surface area contributed by atoms with Crippen LogP contribution >= 0.6 is 0 Å². The summed E-state index contributed by atoms with van der Waals surface area (Å²) in [5.41, 5.74) is 16.5. The average molecular weight is 249 g/mol. The van der Waals surface area contributed by atoms with Crippen molar-refractivity contribution in [2.24, 2.45) is 5.73 Å². The lowest BCUT2D eigenvalue weighted by Crippen LogP contribution is -2.38. The van der Waals surface area contributed by atoms with E-state index < -0.39 is 0 Å². The van der Waals surface area contributed by atoms with Crippen LogP contribution in [-0.4, -0.2) is 25.9 Å². The average Bonchev–Trinajstić information content (AvgIpc) is 2.68. The molecule has 0 bridgehead atoms. The Bertz CT molecular complexity index is 408. The van der Waals surface area contributed by atoms with Gasteiger partial charge < -0.3 is 10.5 Å². The molecule has 1 fully saturated rings. The summed E-state index contributed by atoms with van der Waals surface area (Å²) >= 11 is 0. The highest BCUT2D eigenvalue weighted by atomic mass is 16.5. The number of ether oxygens (including phenoxy) is 1. The third kappa shape index (κ3) is 2.72. The molecule has 1 aliphatic rings. The highest BCUT2D eigenvalue weighted by Crippen LogP contribution is 2.29. The second-order valence-corrected chi connectivity index (χ2v) is 5.09. The largest absolute Gasteiger partial charge is 0.385 e. The molecule has 18 heavy (non-hydrogen) atoms. The van der Waals surface area contributed by atoms with Crippen molar-refractivity contribution in [3.8, 4) is 0 Å². The summed E-state index contributed by atoms with van der Waals surface area (Å²) in [6, 6.07) is 6.89. The fourth-order valence-electron chi connectivity index (χ4n) is 2.74. The van der Waals surface area contributed by atoms with E-state index in [1.807, 2.05) is 0 Å². The van der Waals surface area contributed by atoms with Gasteiger partial charge in [0.25, 0.3) is 0 Å². The molecule has 0 amide bonds. The first-order valence-corrected chi connectivity index (χ1v) is 6.46. The maximum atomic E-state index is 6.17. The molecule has 0 spiro atoms. The van der Waals surface area contributed by atoms with Gasteiger partial charge in [-0.3, -0.25) is 5.43 Å². The first-order valence-electron chi connectivity index (χ1n) is 6.46. The van der Waals surface area contributed by atoms with Crippen molar-refractivity contribution in [3.63, 3.8) is 0 Å². The fourth-order valence-corrected chi connectivity index (χ4v) is 2.74. The summed E-state index contributed by atoms with van der Waals surface area (Å²) in [5.74, 6) is 0.292. The molecule has 2 rings (SSSR count). The minimum Gasteiger partial charge on any atom is -0.385 e. The molecular formula is C14H23N3O. The van der Waals surface area contributed by atoms with Gasteiger partial charge in [0.2, 0.25) is 0 Å². The minimum atomic E-state index is -0.0479. The summed E-state index contributed by atoms with van der Waals surface area (Å²) < 4.78 is 5.16. The standard InChI is InChI=1S/C14H23N3O/c1-9-4-5-11(10(2)8-9)13-12(6-7-18-3)16-17-14(13)15/h4-5,8,12-14,16-17H,6-7,15H2,1-3H3. The zero-order chi connectivity index (χ0) is 13.1. The van der Waals surface area contributed by atoms with E-state index in [0.29, 0.717) is 12.0 Å². The van der Waals surface area contributed by atoms with Gasteiger partial charge in [-0.05, 0) is 31.4 Å². The predicted octanol–water partition coefficient (Wildman–Crippen LogP) is 1.18. The summed E-state index contributed by atoms with van der Waals surface area (Å²) in [6.07, 6.45) is 0.906. The molecule has 4 nitrogen and oxygen atoms in total. The van der Waals surface area contributed by atoms with Gasteiger partial charge >= 0.3 is 0 Å². The summed E-state index contributed by atoms with van der Waals surface area (Å²) in [6.45, 7) is 5.01. The smallest absolute Gasteiger partial charge is 0.0764 e. The van der Waals surface area contributed by atoms with Crippen LogP contribution in [0.3, 0.4) is 0 Å². The number of nitrogens with one attached hydrogen (secondary N) is 2. The van der Waals surface area contributed by atoms with Crippen molar-refractivity contribution in [3.05, 3.63) is 34.9 Å². The quantitative estimate of drug-likeness (QED) is 0.750. The Hall–Kier alpha value is -0.940. The summed E-state index contributed by atoms with van der Waals surface area (Å²) in [7, 11) is 1.73. The number of aryl methyl sites for hydroxylation is 2. The predicted molar refractivity (Wildman–Crippen MR) is 73.2 cm³/mol. The van der Waals surface area contributed by atoms with Crippen molar-refractivity contribution in [2.45, 2.75) is 38.4 Å². The van der Waals surface area contributed by atoms with E-state index in [2.05, 4.69) is 42.9 Å². The van der Waals surface area contributed by atoms with E-state index >= 15 is 0 Å². The molecule has 1 aliphatic heterocycles. The van der Waals surface area contributed by atoms with Gasteiger partial charge in [0.05, 0.1) is 6.17 Å². The molecule has 1 heterocycles. The van der Waals surface area contributed by atoms with Crippen molar-refractivity contribution in [2.75, 3.05) is 13.7 Å². The number of benzene rings is 1. The van der Waals surface area contributed by atoms with E-state index in [-0.39, 0.29) is 6.17 Å². The lowest BCUT2D eigenvalue weighted by atomic mass is 9.86.